The highest BCUT2D eigenvalue weighted by atomic mass is 35.5. The zero-order chi connectivity index (χ0) is 25.9. The summed E-state index contributed by atoms with van der Waals surface area (Å²) in [5, 5.41) is 4.93. The van der Waals surface area contributed by atoms with Crippen LogP contribution in [0.5, 0.6) is 11.5 Å². The van der Waals surface area contributed by atoms with Crippen molar-refractivity contribution in [2.45, 2.75) is 19.5 Å². The van der Waals surface area contributed by atoms with Crippen molar-refractivity contribution in [1.29, 1.82) is 0 Å². The molecule has 5 aromatic rings. The number of halogens is 1. The van der Waals surface area contributed by atoms with E-state index >= 15 is 0 Å². The van der Waals surface area contributed by atoms with Gasteiger partial charge in [0.05, 0.1) is 17.3 Å². The Morgan fingerprint density at radius 3 is 2.51 bits per heavy atom. The van der Waals surface area contributed by atoms with E-state index in [1.54, 1.807) is 35.8 Å². The van der Waals surface area contributed by atoms with Gasteiger partial charge < -0.3 is 14.8 Å². The number of thiophene rings is 1. The average Bonchev–Trinajstić information content (AvgIpc) is 3.53. The number of ether oxygens (including phenoxy) is 2. The summed E-state index contributed by atoms with van der Waals surface area (Å²) in [7, 11) is 1.59. The second kappa shape index (κ2) is 12.2. The Kier molecular flexibility index (Phi) is 8.47. The minimum absolute atomic E-state index is 0. The second-order valence-corrected chi connectivity index (χ2v) is 11.3. The molecule has 39 heavy (non-hydrogen) atoms. The van der Waals surface area contributed by atoms with Crippen molar-refractivity contribution in [3.05, 3.63) is 94.9 Å². The fourth-order valence-corrected chi connectivity index (χ4v) is 7.19. The third-order valence-corrected chi connectivity index (χ3v) is 8.76. The lowest BCUT2D eigenvalue weighted by Crippen LogP contribution is -2.29. The van der Waals surface area contributed by atoms with Crippen LogP contribution in [-0.2, 0) is 24.3 Å². The predicted octanol–water partition coefficient (Wildman–Crippen LogP) is 7.03. The summed E-state index contributed by atoms with van der Waals surface area (Å²) in [6.07, 6.45) is 0.914. The van der Waals surface area contributed by atoms with Crippen molar-refractivity contribution >= 4 is 56.2 Å². The van der Waals surface area contributed by atoms with Crippen LogP contribution in [0.25, 0.3) is 20.8 Å². The first-order chi connectivity index (χ1) is 18.7. The SMILES string of the molecule is COc1ccccc1OCC(=O)Nc1sc2c(c1-c1nc3ccccc3s1)CCN(Cc1ccccc1)C2.Cl. The number of amides is 1. The van der Waals surface area contributed by atoms with Crippen LogP contribution in [0.15, 0.2) is 78.9 Å². The monoisotopic (exact) mass is 577 g/mol. The number of hydrogen-bond acceptors (Lipinski definition) is 7. The number of benzene rings is 3. The number of aromatic nitrogens is 1. The maximum Gasteiger partial charge on any atom is 0.262 e. The van der Waals surface area contributed by atoms with Gasteiger partial charge in [-0.1, -0.05) is 54.6 Å². The number of thiazole rings is 1. The topological polar surface area (TPSA) is 63.7 Å². The van der Waals surface area contributed by atoms with Crippen molar-refractivity contribution in [3.8, 4) is 22.1 Å². The molecule has 9 heteroatoms. The van der Waals surface area contributed by atoms with Gasteiger partial charge in [-0.3, -0.25) is 9.69 Å². The molecule has 1 aliphatic rings. The molecule has 6 nitrogen and oxygen atoms in total. The number of fused-ring (bicyclic) bond motifs is 2. The Hall–Kier alpha value is -3.43. The van der Waals surface area contributed by atoms with E-state index in [2.05, 4.69) is 40.5 Å². The highest BCUT2D eigenvalue weighted by molar-refractivity contribution is 7.22. The molecule has 0 saturated heterocycles. The van der Waals surface area contributed by atoms with Gasteiger partial charge in [0.25, 0.3) is 5.91 Å². The molecule has 0 fully saturated rings. The molecule has 0 aliphatic carbocycles. The Balaban J connectivity index is 0.00000308. The fourth-order valence-electron chi connectivity index (χ4n) is 4.77. The third-order valence-electron chi connectivity index (χ3n) is 6.57. The van der Waals surface area contributed by atoms with Crippen LogP contribution < -0.4 is 14.8 Å². The minimum atomic E-state index is -0.210. The summed E-state index contributed by atoms with van der Waals surface area (Å²) in [6, 6.07) is 26.1. The Labute approximate surface area is 241 Å². The molecule has 0 radical (unpaired) electrons. The first-order valence-electron chi connectivity index (χ1n) is 12.5. The van der Waals surface area contributed by atoms with Gasteiger partial charge in [0.1, 0.15) is 10.0 Å². The molecule has 3 aromatic carbocycles. The summed E-state index contributed by atoms with van der Waals surface area (Å²) in [6.45, 7) is 2.60. The van der Waals surface area contributed by atoms with Crippen molar-refractivity contribution < 1.29 is 14.3 Å². The van der Waals surface area contributed by atoms with Crippen LogP contribution in [0, 0.1) is 0 Å². The summed E-state index contributed by atoms with van der Waals surface area (Å²) in [5.41, 5.74) is 4.63. The van der Waals surface area contributed by atoms with Gasteiger partial charge in [-0.2, -0.15) is 0 Å². The van der Waals surface area contributed by atoms with Crippen molar-refractivity contribution in [2.75, 3.05) is 25.6 Å². The van der Waals surface area contributed by atoms with Crippen molar-refractivity contribution in [1.82, 2.24) is 9.88 Å². The number of carbonyl (C=O) groups excluding carboxylic acids is 1. The molecule has 3 heterocycles. The van der Waals surface area contributed by atoms with E-state index < -0.39 is 0 Å². The van der Waals surface area contributed by atoms with Crippen molar-refractivity contribution in [2.24, 2.45) is 0 Å². The highest BCUT2D eigenvalue weighted by Crippen LogP contribution is 2.45. The molecular formula is C30H28ClN3O3S2. The summed E-state index contributed by atoms with van der Waals surface area (Å²) in [4.78, 5) is 21.8. The van der Waals surface area contributed by atoms with Crippen LogP contribution in [0.2, 0.25) is 0 Å². The van der Waals surface area contributed by atoms with E-state index in [0.717, 1.165) is 51.8 Å². The van der Waals surface area contributed by atoms with Gasteiger partial charge >= 0.3 is 0 Å². The molecule has 0 saturated carbocycles. The van der Waals surface area contributed by atoms with Gasteiger partial charge in [-0.05, 0) is 41.8 Å². The number of nitrogens with one attached hydrogen (secondary N) is 1. The molecular weight excluding hydrogens is 550 g/mol. The molecule has 0 atom stereocenters. The largest absolute Gasteiger partial charge is 0.493 e. The molecule has 0 unspecified atom stereocenters. The smallest absolute Gasteiger partial charge is 0.262 e. The van der Waals surface area contributed by atoms with Crippen LogP contribution in [0.3, 0.4) is 0 Å². The van der Waals surface area contributed by atoms with E-state index in [9.17, 15) is 4.79 Å². The highest BCUT2D eigenvalue weighted by Gasteiger charge is 2.28. The lowest BCUT2D eigenvalue weighted by atomic mass is 10.0. The van der Waals surface area contributed by atoms with Gasteiger partial charge in [0.2, 0.25) is 0 Å². The molecule has 1 N–H and O–H groups in total. The van der Waals surface area contributed by atoms with Crippen LogP contribution in [0.1, 0.15) is 16.0 Å². The predicted molar refractivity (Wildman–Crippen MR) is 162 cm³/mol. The van der Waals surface area contributed by atoms with E-state index in [0.29, 0.717) is 11.5 Å². The molecule has 1 aliphatic heterocycles. The molecule has 2 aromatic heterocycles. The number of para-hydroxylation sites is 3. The quantitative estimate of drug-likeness (QED) is 0.214. The summed E-state index contributed by atoms with van der Waals surface area (Å²) in [5.74, 6) is 0.928. The third kappa shape index (κ3) is 5.94. The zero-order valence-electron chi connectivity index (χ0n) is 21.4. The fraction of sp³-hybridized carbons (Fsp3) is 0.200. The van der Waals surface area contributed by atoms with Crippen LogP contribution >= 0.6 is 35.1 Å². The normalized spacial score (nSPS) is 12.9. The summed E-state index contributed by atoms with van der Waals surface area (Å²) >= 11 is 3.32. The maximum absolute atomic E-state index is 13.1. The van der Waals surface area contributed by atoms with E-state index in [1.165, 1.54) is 16.0 Å². The molecule has 0 spiro atoms. The minimum Gasteiger partial charge on any atom is -0.493 e. The average molecular weight is 578 g/mol. The van der Waals surface area contributed by atoms with Gasteiger partial charge in [0, 0.05) is 30.1 Å². The van der Waals surface area contributed by atoms with E-state index in [-0.39, 0.29) is 24.9 Å². The Morgan fingerprint density at radius 2 is 1.72 bits per heavy atom. The maximum atomic E-state index is 13.1. The number of rotatable bonds is 8. The number of carbonyl (C=O) groups is 1. The molecule has 6 rings (SSSR count). The first-order valence-corrected chi connectivity index (χ1v) is 14.1. The lowest BCUT2D eigenvalue weighted by Gasteiger charge is -2.27. The second-order valence-electron chi connectivity index (χ2n) is 9.13. The lowest BCUT2D eigenvalue weighted by molar-refractivity contribution is -0.118. The van der Waals surface area contributed by atoms with Gasteiger partial charge in [-0.25, -0.2) is 4.98 Å². The van der Waals surface area contributed by atoms with Crippen LogP contribution in [-0.4, -0.2) is 36.1 Å². The van der Waals surface area contributed by atoms with Gasteiger partial charge in [0.15, 0.2) is 18.1 Å². The Bertz CT molecular complexity index is 1550. The first kappa shape index (κ1) is 27.1. The van der Waals surface area contributed by atoms with E-state index in [1.807, 2.05) is 42.5 Å². The van der Waals surface area contributed by atoms with Gasteiger partial charge in [-0.15, -0.1) is 35.1 Å². The van der Waals surface area contributed by atoms with E-state index in [4.69, 9.17) is 14.5 Å². The number of hydrogen-bond donors (Lipinski definition) is 1. The zero-order valence-corrected chi connectivity index (χ0v) is 23.8. The number of nitrogens with zero attached hydrogens (tertiary/aromatic N) is 2. The Morgan fingerprint density at radius 1 is 0.974 bits per heavy atom. The standard InChI is InChI=1S/C30H27N3O3S2.ClH/c1-35-23-12-6-7-13-24(23)36-19-27(34)32-30-28(29-31-22-11-5-8-14-25(22)37-29)21-15-16-33(18-26(21)38-30)17-20-9-3-2-4-10-20;/h2-14H,15-19H2,1H3,(H,32,34);1H. The van der Waals surface area contributed by atoms with Crippen molar-refractivity contribution in [3.63, 3.8) is 0 Å². The molecule has 1 amide bonds. The molecule has 200 valence electrons. The summed E-state index contributed by atoms with van der Waals surface area (Å²) < 4.78 is 12.3. The molecule has 0 bridgehead atoms. The number of anilines is 1. The number of methoxy groups -OCH3 is 1. The van der Waals surface area contributed by atoms with Crippen LogP contribution in [0.4, 0.5) is 5.00 Å².